The highest BCUT2D eigenvalue weighted by Crippen LogP contribution is 2.09. The third-order valence-corrected chi connectivity index (χ3v) is 3.97. The molecule has 0 bridgehead atoms. The number of amides is 1. The van der Waals surface area contributed by atoms with Gasteiger partial charge in [0.05, 0.1) is 0 Å². The molecule has 1 heterocycles. The first-order chi connectivity index (χ1) is 8.33. The highest BCUT2D eigenvalue weighted by atomic mass is 32.2. The van der Waals surface area contributed by atoms with Crippen molar-refractivity contribution in [2.75, 3.05) is 31.2 Å². The maximum Gasteiger partial charge on any atom is 0.221 e. The molecule has 3 N–H and O–H groups in total. The van der Waals surface area contributed by atoms with E-state index in [1.807, 2.05) is 11.8 Å². The molecule has 1 aliphatic rings. The van der Waals surface area contributed by atoms with E-state index in [0.717, 1.165) is 50.3 Å². The Kier molecular flexibility index (Phi) is 8.48. The average molecular weight is 260 g/mol. The summed E-state index contributed by atoms with van der Waals surface area (Å²) in [4.78, 5) is 11.6. The summed E-state index contributed by atoms with van der Waals surface area (Å²) in [6.07, 6.45) is 4.62. The van der Waals surface area contributed by atoms with Gasteiger partial charge < -0.3 is 15.7 Å². The SMILES string of the molecule is O=C(CC1CSCCN1)NCCCCCCO. The molecule has 4 nitrogen and oxygen atoms in total. The largest absolute Gasteiger partial charge is 0.396 e. The molecule has 0 aliphatic carbocycles. The van der Waals surface area contributed by atoms with E-state index in [4.69, 9.17) is 5.11 Å². The van der Waals surface area contributed by atoms with Gasteiger partial charge in [0.2, 0.25) is 5.91 Å². The fourth-order valence-corrected chi connectivity index (χ4v) is 2.81. The Morgan fingerprint density at radius 3 is 2.88 bits per heavy atom. The highest BCUT2D eigenvalue weighted by Gasteiger charge is 2.15. The summed E-state index contributed by atoms with van der Waals surface area (Å²) < 4.78 is 0. The number of rotatable bonds is 8. The van der Waals surface area contributed by atoms with Crippen LogP contribution in [0.3, 0.4) is 0 Å². The maximum atomic E-state index is 11.6. The summed E-state index contributed by atoms with van der Waals surface area (Å²) in [7, 11) is 0. The molecule has 0 spiro atoms. The number of hydrogen-bond acceptors (Lipinski definition) is 4. The molecule has 1 aliphatic heterocycles. The van der Waals surface area contributed by atoms with E-state index < -0.39 is 0 Å². The second-order valence-corrected chi connectivity index (χ2v) is 5.57. The van der Waals surface area contributed by atoms with Gasteiger partial charge in [0.25, 0.3) is 0 Å². The van der Waals surface area contributed by atoms with Crippen molar-refractivity contribution < 1.29 is 9.90 Å². The Morgan fingerprint density at radius 1 is 1.35 bits per heavy atom. The van der Waals surface area contributed by atoms with Crippen molar-refractivity contribution >= 4 is 17.7 Å². The van der Waals surface area contributed by atoms with Gasteiger partial charge >= 0.3 is 0 Å². The molecular weight excluding hydrogens is 236 g/mol. The minimum atomic E-state index is 0.159. The van der Waals surface area contributed by atoms with Crippen LogP contribution in [-0.4, -0.2) is 48.3 Å². The standard InChI is InChI=1S/C12H24N2O2S/c15-7-4-2-1-3-5-14-12(16)9-11-10-17-8-6-13-11/h11,13,15H,1-10H2,(H,14,16). The summed E-state index contributed by atoms with van der Waals surface area (Å²) in [6, 6.07) is 0.350. The van der Waals surface area contributed by atoms with Crippen LogP contribution in [0.5, 0.6) is 0 Å². The Labute approximate surface area is 108 Å². The van der Waals surface area contributed by atoms with E-state index in [1.165, 1.54) is 0 Å². The molecule has 1 amide bonds. The van der Waals surface area contributed by atoms with Crippen LogP contribution in [0.4, 0.5) is 0 Å². The topological polar surface area (TPSA) is 61.4 Å². The molecule has 0 aromatic heterocycles. The van der Waals surface area contributed by atoms with Gasteiger partial charge in [-0.2, -0.15) is 11.8 Å². The van der Waals surface area contributed by atoms with E-state index >= 15 is 0 Å². The first-order valence-electron chi connectivity index (χ1n) is 6.51. The summed E-state index contributed by atoms with van der Waals surface area (Å²) in [5, 5.41) is 14.9. The van der Waals surface area contributed by atoms with Crippen LogP contribution in [0.25, 0.3) is 0 Å². The van der Waals surface area contributed by atoms with Crippen LogP contribution in [0, 0.1) is 0 Å². The predicted octanol–water partition coefficient (Wildman–Crippen LogP) is 0.750. The fraction of sp³-hybridized carbons (Fsp3) is 0.917. The molecular formula is C12H24N2O2S. The highest BCUT2D eigenvalue weighted by molar-refractivity contribution is 7.99. The Bertz CT molecular complexity index is 209. The minimum absolute atomic E-state index is 0.159. The van der Waals surface area contributed by atoms with E-state index in [9.17, 15) is 4.79 Å². The van der Waals surface area contributed by atoms with Crippen molar-refractivity contribution in [3.63, 3.8) is 0 Å². The zero-order valence-corrected chi connectivity index (χ0v) is 11.2. The number of carbonyl (C=O) groups excluding carboxylic acids is 1. The van der Waals surface area contributed by atoms with Crippen molar-refractivity contribution in [2.45, 2.75) is 38.1 Å². The lowest BCUT2D eigenvalue weighted by Crippen LogP contribution is -2.41. The summed E-state index contributed by atoms with van der Waals surface area (Å²) >= 11 is 1.92. The number of nitrogens with one attached hydrogen (secondary N) is 2. The molecule has 1 atom stereocenters. The van der Waals surface area contributed by atoms with Crippen molar-refractivity contribution in [2.24, 2.45) is 0 Å². The van der Waals surface area contributed by atoms with E-state index in [2.05, 4.69) is 10.6 Å². The molecule has 17 heavy (non-hydrogen) atoms. The normalized spacial score (nSPS) is 20.2. The number of aliphatic hydroxyl groups excluding tert-OH is 1. The number of aliphatic hydroxyl groups is 1. The summed E-state index contributed by atoms with van der Waals surface area (Å²) in [5.41, 5.74) is 0. The van der Waals surface area contributed by atoms with Crippen molar-refractivity contribution in [3.8, 4) is 0 Å². The van der Waals surface area contributed by atoms with Crippen LogP contribution >= 0.6 is 11.8 Å². The molecule has 100 valence electrons. The van der Waals surface area contributed by atoms with E-state index in [-0.39, 0.29) is 12.5 Å². The van der Waals surface area contributed by atoms with Crippen molar-refractivity contribution in [1.29, 1.82) is 0 Å². The smallest absolute Gasteiger partial charge is 0.221 e. The van der Waals surface area contributed by atoms with Crippen LogP contribution < -0.4 is 10.6 Å². The monoisotopic (exact) mass is 260 g/mol. The zero-order chi connectivity index (χ0) is 12.3. The summed E-state index contributed by atoms with van der Waals surface area (Å²) in [5.74, 6) is 2.36. The van der Waals surface area contributed by atoms with Crippen LogP contribution in [0.2, 0.25) is 0 Å². The van der Waals surface area contributed by atoms with Gasteiger partial charge in [-0.15, -0.1) is 0 Å². The van der Waals surface area contributed by atoms with Crippen LogP contribution in [-0.2, 0) is 4.79 Å². The third-order valence-electron chi connectivity index (χ3n) is 2.84. The van der Waals surface area contributed by atoms with Crippen LogP contribution in [0.15, 0.2) is 0 Å². The van der Waals surface area contributed by atoms with Gasteiger partial charge in [0, 0.05) is 43.7 Å². The molecule has 0 aromatic carbocycles. The zero-order valence-electron chi connectivity index (χ0n) is 10.4. The molecule has 1 unspecified atom stereocenters. The van der Waals surface area contributed by atoms with E-state index in [1.54, 1.807) is 0 Å². The van der Waals surface area contributed by atoms with Gasteiger partial charge in [-0.3, -0.25) is 4.79 Å². The van der Waals surface area contributed by atoms with Crippen molar-refractivity contribution in [1.82, 2.24) is 10.6 Å². The van der Waals surface area contributed by atoms with Gasteiger partial charge in [-0.1, -0.05) is 12.8 Å². The van der Waals surface area contributed by atoms with Gasteiger partial charge in [0.15, 0.2) is 0 Å². The lowest BCUT2D eigenvalue weighted by molar-refractivity contribution is -0.121. The second kappa shape index (κ2) is 9.74. The number of hydrogen-bond donors (Lipinski definition) is 3. The lowest BCUT2D eigenvalue weighted by Gasteiger charge is -2.22. The molecule has 1 rings (SSSR count). The number of thioether (sulfide) groups is 1. The quantitative estimate of drug-likeness (QED) is 0.564. The Hall–Kier alpha value is -0.260. The second-order valence-electron chi connectivity index (χ2n) is 4.42. The number of carbonyl (C=O) groups is 1. The minimum Gasteiger partial charge on any atom is -0.396 e. The number of unbranched alkanes of at least 4 members (excludes halogenated alkanes) is 3. The molecule has 1 saturated heterocycles. The molecule has 0 saturated carbocycles. The molecule has 0 aromatic rings. The van der Waals surface area contributed by atoms with Gasteiger partial charge in [-0.25, -0.2) is 0 Å². The first kappa shape index (κ1) is 14.8. The maximum absolute atomic E-state index is 11.6. The summed E-state index contributed by atoms with van der Waals surface area (Å²) in [6.45, 7) is 2.06. The van der Waals surface area contributed by atoms with Gasteiger partial charge in [0.1, 0.15) is 0 Å². The molecule has 5 heteroatoms. The van der Waals surface area contributed by atoms with Gasteiger partial charge in [-0.05, 0) is 12.8 Å². The Morgan fingerprint density at radius 2 is 2.18 bits per heavy atom. The molecule has 1 fully saturated rings. The first-order valence-corrected chi connectivity index (χ1v) is 7.67. The van der Waals surface area contributed by atoms with Crippen molar-refractivity contribution in [3.05, 3.63) is 0 Å². The predicted molar refractivity (Wildman–Crippen MR) is 72.3 cm³/mol. The fourth-order valence-electron chi connectivity index (χ4n) is 1.86. The molecule has 0 radical (unpaired) electrons. The third kappa shape index (κ3) is 7.63. The Balaban J connectivity index is 1.93. The van der Waals surface area contributed by atoms with E-state index in [0.29, 0.717) is 12.5 Å². The average Bonchev–Trinajstić information content (AvgIpc) is 2.35. The lowest BCUT2D eigenvalue weighted by atomic mass is 10.2. The van der Waals surface area contributed by atoms with Crippen LogP contribution in [0.1, 0.15) is 32.1 Å².